The summed E-state index contributed by atoms with van der Waals surface area (Å²) in [6, 6.07) is 6.65. The van der Waals surface area contributed by atoms with E-state index in [0.29, 0.717) is 6.54 Å². The lowest BCUT2D eigenvalue weighted by Crippen LogP contribution is -1.98. The van der Waals surface area contributed by atoms with Gasteiger partial charge in [-0.3, -0.25) is 0 Å². The Bertz CT molecular complexity index is 465. The van der Waals surface area contributed by atoms with Crippen molar-refractivity contribution in [2.75, 3.05) is 0 Å². The zero-order chi connectivity index (χ0) is 11.4. The van der Waals surface area contributed by atoms with Crippen LogP contribution in [0.4, 0.5) is 4.39 Å². The van der Waals surface area contributed by atoms with E-state index in [0.717, 1.165) is 29.9 Å². The van der Waals surface area contributed by atoms with Crippen LogP contribution >= 0.6 is 0 Å². The van der Waals surface area contributed by atoms with Gasteiger partial charge in [-0.05, 0) is 30.5 Å². The van der Waals surface area contributed by atoms with Gasteiger partial charge in [0.2, 0.25) is 0 Å². The lowest BCUT2D eigenvalue weighted by atomic mass is 10.1. The number of hydrogen-bond acceptors (Lipinski definition) is 2. The molecule has 84 valence electrons. The highest BCUT2D eigenvalue weighted by atomic mass is 19.1. The van der Waals surface area contributed by atoms with E-state index in [2.05, 4.69) is 9.97 Å². The Morgan fingerprint density at radius 2 is 2.19 bits per heavy atom. The lowest BCUT2D eigenvalue weighted by Gasteiger charge is -1.99. The van der Waals surface area contributed by atoms with Crippen LogP contribution in [-0.2, 0) is 19.4 Å². The standard InChI is InChI=1S/C12H14FN3/c13-10-3-1-2-9(6-10)4-5-11-8-15-12(7-14)16-11/h1-3,6,8H,4-5,7,14H2,(H,15,16). The Kier molecular flexibility index (Phi) is 3.31. The molecule has 2 rings (SSSR count). The molecule has 0 radical (unpaired) electrons. The number of hydrogen-bond donors (Lipinski definition) is 2. The first kappa shape index (κ1) is 10.8. The maximum Gasteiger partial charge on any atom is 0.123 e. The van der Waals surface area contributed by atoms with Crippen LogP contribution in [0.25, 0.3) is 0 Å². The number of H-pyrrole nitrogens is 1. The van der Waals surface area contributed by atoms with Crippen LogP contribution in [0.15, 0.2) is 30.5 Å². The van der Waals surface area contributed by atoms with E-state index in [1.807, 2.05) is 6.07 Å². The van der Waals surface area contributed by atoms with Crippen molar-refractivity contribution in [2.45, 2.75) is 19.4 Å². The summed E-state index contributed by atoms with van der Waals surface area (Å²) in [5.41, 5.74) is 7.47. The fourth-order valence-corrected chi connectivity index (χ4v) is 1.61. The first-order valence-corrected chi connectivity index (χ1v) is 5.25. The molecule has 0 atom stereocenters. The number of aryl methyl sites for hydroxylation is 2. The largest absolute Gasteiger partial charge is 0.345 e. The van der Waals surface area contributed by atoms with Crippen LogP contribution in [-0.4, -0.2) is 9.97 Å². The molecule has 1 aromatic heterocycles. The Morgan fingerprint density at radius 1 is 1.31 bits per heavy atom. The third kappa shape index (κ3) is 2.67. The van der Waals surface area contributed by atoms with E-state index >= 15 is 0 Å². The summed E-state index contributed by atoms with van der Waals surface area (Å²) in [6.07, 6.45) is 3.39. The van der Waals surface area contributed by atoms with Crippen molar-refractivity contribution in [3.8, 4) is 0 Å². The molecule has 0 unspecified atom stereocenters. The molecule has 3 N–H and O–H groups in total. The van der Waals surface area contributed by atoms with E-state index in [1.165, 1.54) is 6.07 Å². The topological polar surface area (TPSA) is 54.7 Å². The maximum absolute atomic E-state index is 12.9. The summed E-state index contributed by atoms with van der Waals surface area (Å²) in [4.78, 5) is 7.23. The van der Waals surface area contributed by atoms with Gasteiger partial charge in [0.1, 0.15) is 11.6 Å². The van der Waals surface area contributed by atoms with Crippen molar-refractivity contribution in [3.05, 3.63) is 53.4 Å². The molecule has 2 aromatic rings. The number of halogens is 1. The summed E-state index contributed by atoms with van der Waals surface area (Å²) >= 11 is 0. The van der Waals surface area contributed by atoms with E-state index in [4.69, 9.17) is 5.73 Å². The van der Waals surface area contributed by atoms with E-state index in [9.17, 15) is 4.39 Å². The molecule has 0 spiro atoms. The number of nitrogens with two attached hydrogens (primary N) is 1. The number of aromatic amines is 1. The maximum atomic E-state index is 12.9. The van der Waals surface area contributed by atoms with Gasteiger partial charge in [-0.25, -0.2) is 9.37 Å². The number of aromatic nitrogens is 2. The molecule has 1 aromatic carbocycles. The molecule has 0 saturated heterocycles. The molecule has 1 heterocycles. The fourth-order valence-electron chi connectivity index (χ4n) is 1.61. The van der Waals surface area contributed by atoms with Crippen molar-refractivity contribution in [1.82, 2.24) is 9.97 Å². The summed E-state index contributed by atoms with van der Waals surface area (Å²) in [5.74, 6) is 0.596. The second kappa shape index (κ2) is 4.90. The molecule has 16 heavy (non-hydrogen) atoms. The number of imidazole rings is 1. The highest BCUT2D eigenvalue weighted by molar-refractivity contribution is 5.17. The van der Waals surface area contributed by atoms with Crippen molar-refractivity contribution >= 4 is 0 Å². The molecule has 4 heteroatoms. The van der Waals surface area contributed by atoms with Gasteiger partial charge in [0.25, 0.3) is 0 Å². The molecule has 0 aliphatic carbocycles. The molecular formula is C12H14FN3. The highest BCUT2D eigenvalue weighted by Gasteiger charge is 2.00. The molecule has 3 nitrogen and oxygen atoms in total. The SMILES string of the molecule is NCc1ncc(CCc2cccc(F)c2)[nH]1. The predicted octanol–water partition coefficient (Wildman–Crippen LogP) is 1.79. The van der Waals surface area contributed by atoms with Gasteiger partial charge in [0.15, 0.2) is 0 Å². The zero-order valence-electron chi connectivity index (χ0n) is 8.91. The zero-order valence-corrected chi connectivity index (χ0v) is 8.91. The van der Waals surface area contributed by atoms with Crippen LogP contribution in [0.5, 0.6) is 0 Å². The second-order valence-corrected chi connectivity index (χ2v) is 3.69. The second-order valence-electron chi connectivity index (χ2n) is 3.69. The average Bonchev–Trinajstić information content (AvgIpc) is 2.74. The Balaban J connectivity index is 1.96. The molecule has 0 aliphatic rings. The van der Waals surface area contributed by atoms with E-state index < -0.39 is 0 Å². The third-order valence-electron chi connectivity index (χ3n) is 2.45. The molecule has 0 amide bonds. The normalized spacial score (nSPS) is 10.6. The molecular weight excluding hydrogens is 205 g/mol. The average molecular weight is 219 g/mol. The Morgan fingerprint density at radius 3 is 2.88 bits per heavy atom. The summed E-state index contributed by atoms with van der Waals surface area (Å²) in [5, 5.41) is 0. The minimum absolute atomic E-state index is 0.190. The first-order valence-electron chi connectivity index (χ1n) is 5.25. The van der Waals surface area contributed by atoms with Gasteiger partial charge in [-0.2, -0.15) is 0 Å². The van der Waals surface area contributed by atoms with Crippen LogP contribution in [0, 0.1) is 5.82 Å². The minimum Gasteiger partial charge on any atom is -0.345 e. The van der Waals surface area contributed by atoms with Crippen LogP contribution in [0.1, 0.15) is 17.1 Å². The number of rotatable bonds is 4. The van der Waals surface area contributed by atoms with Gasteiger partial charge in [-0.15, -0.1) is 0 Å². The summed E-state index contributed by atoms with van der Waals surface area (Å²) < 4.78 is 12.9. The first-order chi connectivity index (χ1) is 7.78. The molecule has 0 saturated carbocycles. The monoisotopic (exact) mass is 219 g/mol. The molecule has 0 fully saturated rings. The van der Waals surface area contributed by atoms with Crippen molar-refractivity contribution < 1.29 is 4.39 Å². The van der Waals surface area contributed by atoms with Gasteiger partial charge in [0, 0.05) is 11.9 Å². The van der Waals surface area contributed by atoms with Gasteiger partial charge in [-0.1, -0.05) is 12.1 Å². The number of nitrogens with zero attached hydrogens (tertiary/aromatic N) is 1. The van der Waals surface area contributed by atoms with Gasteiger partial charge >= 0.3 is 0 Å². The van der Waals surface area contributed by atoms with E-state index in [-0.39, 0.29) is 5.82 Å². The van der Waals surface area contributed by atoms with Gasteiger partial charge in [0.05, 0.1) is 6.54 Å². The quantitative estimate of drug-likeness (QED) is 0.823. The van der Waals surface area contributed by atoms with Gasteiger partial charge < -0.3 is 10.7 Å². The van der Waals surface area contributed by atoms with Crippen LogP contribution < -0.4 is 5.73 Å². The summed E-state index contributed by atoms with van der Waals surface area (Å²) in [6.45, 7) is 0.417. The third-order valence-corrected chi connectivity index (χ3v) is 2.45. The number of nitrogens with one attached hydrogen (secondary N) is 1. The molecule has 0 aliphatic heterocycles. The smallest absolute Gasteiger partial charge is 0.123 e. The Hall–Kier alpha value is -1.68. The highest BCUT2D eigenvalue weighted by Crippen LogP contribution is 2.07. The minimum atomic E-state index is -0.190. The lowest BCUT2D eigenvalue weighted by molar-refractivity contribution is 0.625. The predicted molar refractivity (Wildman–Crippen MR) is 60.3 cm³/mol. The van der Waals surface area contributed by atoms with Crippen molar-refractivity contribution in [3.63, 3.8) is 0 Å². The summed E-state index contributed by atoms with van der Waals surface area (Å²) in [7, 11) is 0. The molecule has 0 bridgehead atoms. The van der Waals surface area contributed by atoms with Crippen LogP contribution in [0.3, 0.4) is 0 Å². The fraction of sp³-hybridized carbons (Fsp3) is 0.250. The van der Waals surface area contributed by atoms with Crippen molar-refractivity contribution in [1.29, 1.82) is 0 Å². The number of benzene rings is 1. The Labute approximate surface area is 93.5 Å². The van der Waals surface area contributed by atoms with Crippen molar-refractivity contribution in [2.24, 2.45) is 5.73 Å². The van der Waals surface area contributed by atoms with Crippen LogP contribution in [0.2, 0.25) is 0 Å². The van der Waals surface area contributed by atoms with E-state index in [1.54, 1.807) is 18.3 Å².